The van der Waals surface area contributed by atoms with E-state index >= 15 is 0 Å². The zero-order valence-corrected chi connectivity index (χ0v) is 14.1. The van der Waals surface area contributed by atoms with E-state index in [1.54, 1.807) is 0 Å². The number of nitrogens with zero attached hydrogens (tertiary/aromatic N) is 4. The summed E-state index contributed by atoms with van der Waals surface area (Å²) in [5.41, 5.74) is 1.40. The van der Waals surface area contributed by atoms with Crippen molar-refractivity contribution in [2.45, 2.75) is 59.2 Å². The number of piperidine rings is 1. The molecule has 0 atom stereocenters. The molecule has 0 aromatic carbocycles. The lowest BCUT2D eigenvalue weighted by atomic mass is 9.91. The van der Waals surface area contributed by atoms with Crippen molar-refractivity contribution in [3.63, 3.8) is 0 Å². The normalized spacial score (nSPS) is 21.0. The maximum absolute atomic E-state index is 12.3. The lowest BCUT2D eigenvalue weighted by Crippen LogP contribution is -2.49. The van der Waals surface area contributed by atoms with E-state index in [0.29, 0.717) is 18.4 Å². The van der Waals surface area contributed by atoms with Crippen LogP contribution in [0.1, 0.15) is 45.7 Å². The van der Waals surface area contributed by atoms with Crippen molar-refractivity contribution in [1.29, 1.82) is 0 Å². The van der Waals surface area contributed by atoms with Gasteiger partial charge in [0.25, 0.3) is 0 Å². The number of amides is 1. The summed E-state index contributed by atoms with van der Waals surface area (Å²) >= 11 is 0. The molecule has 0 spiro atoms. The number of likely N-dealkylation sites (tertiary alicyclic amines) is 1. The molecule has 0 bridgehead atoms. The number of carbonyl (C=O) groups excluding carboxylic acids is 1. The van der Waals surface area contributed by atoms with Gasteiger partial charge in [0, 0.05) is 51.4 Å². The monoisotopic (exact) mass is 304 g/mol. The van der Waals surface area contributed by atoms with Crippen molar-refractivity contribution in [3.8, 4) is 0 Å². The minimum Gasteiger partial charge on any atom is -0.343 e. The molecule has 5 heteroatoms. The van der Waals surface area contributed by atoms with Crippen LogP contribution in [-0.4, -0.2) is 50.9 Å². The average Bonchev–Trinajstić information content (AvgIpc) is 2.93. The number of fused-ring (bicyclic) bond motifs is 1. The number of aromatic nitrogens is 2. The second-order valence-electron chi connectivity index (χ2n) is 7.90. The highest BCUT2D eigenvalue weighted by Crippen LogP contribution is 2.24. The summed E-state index contributed by atoms with van der Waals surface area (Å²) in [6.45, 7) is 11.4. The number of hydrogen-bond acceptors (Lipinski definition) is 3. The first-order valence-electron chi connectivity index (χ1n) is 8.43. The SMILES string of the molecule is CC(C)(C)CC(=O)N1CCC(N2CCn3cncc3C2)CC1. The first-order chi connectivity index (χ1) is 10.4. The van der Waals surface area contributed by atoms with Gasteiger partial charge < -0.3 is 9.47 Å². The molecule has 3 rings (SSSR count). The van der Waals surface area contributed by atoms with Gasteiger partial charge in [-0.05, 0) is 18.3 Å². The molecule has 3 heterocycles. The van der Waals surface area contributed by atoms with E-state index in [4.69, 9.17) is 0 Å². The zero-order chi connectivity index (χ0) is 15.7. The minimum absolute atomic E-state index is 0.0825. The number of carbonyl (C=O) groups is 1. The molecule has 0 unspecified atom stereocenters. The van der Waals surface area contributed by atoms with Crippen molar-refractivity contribution in [2.24, 2.45) is 5.41 Å². The van der Waals surface area contributed by atoms with Gasteiger partial charge in [0.1, 0.15) is 0 Å². The average molecular weight is 304 g/mol. The Kier molecular flexibility index (Phi) is 4.26. The Hall–Kier alpha value is -1.36. The van der Waals surface area contributed by atoms with Gasteiger partial charge >= 0.3 is 0 Å². The molecule has 1 aromatic heterocycles. The summed E-state index contributed by atoms with van der Waals surface area (Å²) in [6, 6.07) is 0.613. The Labute approximate surface area is 133 Å². The van der Waals surface area contributed by atoms with E-state index in [0.717, 1.165) is 45.6 Å². The molecule has 0 N–H and O–H groups in total. The molecule has 5 nitrogen and oxygen atoms in total. The molecule has 0 saturated carbocycles. The zero-order valence-electron chi connectivity index (χ0n) is 14.1. The van der Waals surface area contributed by atoms with Gasteiger partial charge in [-0.25, -0.2) is 4.98 Å². The maximum Gasteiger partial charge on any atom is 0.223 e. The van der Waals surface area contributed by atoms with E-state index in [2.05, 4.69) is 40.1 Å². The molecule has 1 saturated heterocycles. The summed E-state index contributed by atoms with van der Waals surface area (Å²) in [5.74, 6) is 0.322. The first kappa shape index (κ1) is 15.5. The predicted octanol–water partition coefficient (Wildman–Crippen LogP) is 2.13. The third-order valence-electron chi connectivity index (χ3n) is 4.81. The number of imidazole rings is 1. The Bertz CT molecular complexity index is 523. The van der Waals surface area contributed by atoms with Crippen LogP contribution in [0.5, 0.6) is 0 Å². The van der Waals surface area contributed by atoms with Crippen LogP contribution in [0.2, 0.25) is 0 Å². The lowest BCUT2D eigenvalue weighted by molar-refractivity contribution is -0.134. The van der Waals surface area contributed by atoms with Gasteiger partial charge in [-0.2, -0.15) is 0 Å². The van der Waals surface area contributed by atoms with Gasteiger partial charge in [-0.1, -0.05) is 20.8 Å². The molecular weight excluding hydrogens is 276 g/mol. The van der Waals surface area contributed by atoms with Crippen LogP contribution in [0.4, 0.5) is 0 Å². The largest absolute Gasteiger partial charge is 0.343 e. The second-order valence-corrected chi connectivity index (χ2v) is 7.90. The summed E-state index contributed by atoms with van der Waals surface area (Å²) in [4.78, 5) is 21.2. The van der Waals surface area contributed by atoms with E-state index in [1.807, 2.05) is 12.5 Å². The molecule has 0 radical (unpaired) electrons. The summed E-state index contributed by atoms with van der Waals surface area (Å²) in [7, 11) is 0. The van der Waals surface area contributed by atoms with Crippen molar-refractivity contribution >= 4 is 5.91 Å². The summed E-state index contributed by atoms with van der Waals surface area (Å²) in [6.07, 6.45) is 6.77. The van der Waals surface area contributed by atoms with Crippen molar-refractivity contribution in [1.82, 2.24) is 19.4 Å². The topological polar surface area (TPSA) is 41.4 Å². The van der Waals surface area contributed by atoms with Gasteiger partial charge in [0.05, 0.1) is 12.0 Å². The van der Waals surface area contributed by atoms with Gasteiger partial charge in [-0.3, -0.25) is 9.69 Å². The highest BCUT2D eigenvalue weighted by molar-refractivity contribution is 5.76. The van der Waals surface area contributed by atoms with Crippen molar-refractivity contribution < 1.29 is 4.79 Å². The molecule has 1 aromatic rings. The molecule has 122 valence electrons. The van der Waals surface area contributed by atoms with E-state index in [-0.39, 0.29) is 5.41 Å². The van der Waals surface area contributed by atoms with Crippen molar-refractivity contribution in [3.05, 3.63) is 18.2 Å². The molecule has 1 fully saturated rings. The number of hydrogen-bond donors (Lipinski definition) is 0. The van der Waals surface area contributed by atoms with Gasteiger partial charge in [0.15, 0.2) is 0 Å². The summed E-state index contributed by atoms with van der Waals surface area (Å²) < 4.78 is 2.25. The molecule has 1 amide bonds. The standard InChI is InChI=1S/C17H28N4O/c1-17(2,3)10-16(22)19-6-4-14(5-7-19)20-8-9-21-13-18-11-15(21)12-20/h11,13-14H,4-10,12H2,1-3H3. The van der Waals surface area contributed by atoms with Gasteiger partial charge in [0.2, 0.25) is 5.91 Å². The van der Waals surface area contributed by atoms with E-state index in [9.17, 15) is 4.79 Å². The van der Waals surface area contributed by atoms with E-state index < -0.39 is 0 Å². The predicted molar refractivity (Wildman–Crippen MR) is 86.3 cm³/mol. The smallest absolute Gasteiger partial charge is 0.223 e. The quantitative estimate of drug-likeness (QED) is 0.840. The number of rotatable bonds is 2. The third-order valence-corrected chi connectivity index (χ3v) is 4.81. The van der Waals surface area contributed by atoms with Crippen LogP contribution in [0.3, 0.4) is 0 Å². The van der Waals surface area contributed by atoms with Gasteiger partial charge in [-0.15, -0.1) is 0 Å². The maximum atomic E-state index is 12.3. The second kappa shape index (κ2) is 6.03. The molecule has 2 aliphatic heterocycles. The molecule has 22 heavy (non-hydrogen) atoms. The van der Waals surface area contributed by atoms with Crippen LogP contribution in [0, 0.1) is 5.41 Å². The van der Waals surface area contributed by atoms with Crippen molar-refractivity contribution in [2.75, 3.05) is 19.6 Å². The fraction of sp³-hybridized carbons (Fsp3) is 0.765. The first-order valence-corrected chi connectivity index (χ1v) is 8.43. The van der Waals surface area contributed by atoms with E-state index in [1.165, 1.54) is 5.69 Å². The fourth-order valence-electron chi connectivity index (χ4n) is 3.56. The van der Waals surface area contributed by atoms with Crippen LogP contribution < -0.4 is 0 Å². The highest BCUT2D eigenvalue weighted by atomic mass is 16.2. The molecule has 2 aliphatic rings. The third kappa shape index (κ3) is 3.51. The Morgan fingerprint density at radius 1 is 1.23 bits per heavy atom. The Morgan fingerprint density at radius 2 is 1.95 bits per heavy atom. The van der Waals surface area contributed by atoms with Crippen LogP contribution >= 0.6 is 0 Å². The molecular formula is C17H28N4O. The molecule has 0 aliphatic carbocycles. The minimum atomic E-state index is 0.0825. The Balaban J connectivity index is 1.51. The van der Waals surface area contributed by atoms with Crippen LogP contribution in [-0.2, 0) is 17.9 Å². The fourth-order valence-corrected chi connectivity index (χ4v) is 3.56. The Morgan fingerprint density at radius 3 is 2.64 bits per heavy atom. The van der Waals surface area contributed by atoms with Crippen LogP contribution in [0.15, 0.2) is 12.5 Å². The summed E-state index contributed by atoms with van der Waals surface area (Å²) in [5, 5.41) is 0. The lowest BCUT2D eigenvalue weighted by Gasteiger charge is -2.40. The highest BCUT2D eigenvalue weighted by Gasteiger charge is 2.30. The van der Waals surface area contributed by atoms with Crippen LogP contribution in [0.25, 0.3) is 0 Å².